The zero-order valence-corrected chi connectivity index (χ0v) is 36.7. The first-order valence-electron chi connectivity index (χ1n) is 24.9. The third-order valence-corrected chi connectivity index (χ3v) is 20.8. The molecule has 2 spiro atoms. The molecule has 0 aromatic carbocycles. The largest absolute Gasteiger partial charge is 0.364 e. The van der Waals surface area contributed by atoms with Gasteiger partial charge in [0, 0.05) is 51.2 Å². The van der Waals surface area contributed by atoms with E-state index in [2.05, 4.69) is 70.4 Å². The van der Waals surface area contributed by atoms with E-state index >= 15 is 0 Å². The summed E-state index contributed by atoms with van der Waals surface area (Å²) in [5.41, 5.74) is 12.9. The van der Waals surface area contributed by atoms with Crippen LogP contribution in [0.2, 0.25) is 0 Å². The summed E-state index contributed by atoms with van der Waals surface area (Å²) in [6, 6.07) is 1.17. The molecule has 55 heavy (non-hydrogen) atoms. The molecular weight excluding hydrogens is 663 g/mol. The van der Waals surface area contributed by atoms with Crippen LogP contribution in [0.4, 0.5) is 0 Å². The van der Waals surface area contributed by atoms with Crippen molar-refractivity contribution in [2.45, 2.75) is 226 Å². The highest BCUT2D eigenvalue weighted by molar-refractivity contribution is 6.82. The Balaban J connectivity index is 1.17. The number of nitrogens with zero attached hydrogens (tertiary/aromatic N) is 2. The predicted molar refractivity (Wildman–Crippen MR) is 231 cm³/mol. The van der Waals surface area contributed by atoms with Gasteiger partial charge in [-0.15, -0.1) is 0 Å². The Morgan fingerprint density at radius 1 is 0.618 bits per heavy atom. The third kappa shape index (κ3) is 4.86. The third-order valence-electron chi connectivity index (χ3n) is 20.8. The Morgan fingerprint density at radius 3 is 1.76 bits per heavy atom. The van der Waals surface area contributed by atoms with Crippen LogP contribution in [0.3, 0.4) is 0 Å². The van der Waals surface area contributed by atoms with E-state index in [9.17, 15) is 0 Å². The van der Waals surface area contributed by atoms with Crippen LogP contribution in [-0.4, -0.2) is 39.7 Å². The maximum atomic E-state index is 3.33. The van der Waals surface area contributed by atoms with Crippen LogP contribution in [0, 0.1) is 51.8 Å². The van der Waals surface area contributed by atoms with E-state index in [1.807, 2.05) is 27.8 Å². The number of fused-ring (bicyclic) bond motifs is 6. The first-order chi connectivity index (χ1) is 26.4. The normalized spacial score (nSPS) is 38.9. The SMILES string of the molecule is CC(C)(C)C1=CC2C3C(=C1)B1C4=C5C(CC(C6CCCCC6)C4)C4(CCCCC4)C(C)(C)N5C4CC(C5CCCCC5)CC(=C14)N3C(C)(C)C21CCCCC1. The van der Waals surface area contributed by atoms with E-state index in [4.69, 9.17) is 0 Å². The fraction of sp³-hybridized carbons (Fsp3) is 0.846. The molecule has 300 valence electrons. The average molecular weight is 743 g/mol. The Hall–Kier alpha value is -1.38. The Bertz CT molecular complexity index is 1690. The first-order valence-corrected chi connectivity index (χ1v) is 24.9. The number of rotatable bonds is 2. The molecule has 4 aliphatic heterocycles. The summed E-state index contributed by atoms with van der Waals surface area (Å²) in [5, 5.41) is 0. The first kappa shape index (κ1) is 36.7. The molecule has 6 unspecified atom stereocenters. The monoisotopic (exact) mass is 743 g/mol. The van der Waals surface area contributed by atoms with Crippen molar-refractivity contribution in [3.63, 3.8) is 0 Å². The summed E-state index contributed by atoms with van der Waals surface area (Å²) < 4.78 is 0. The van der Waals surface area contributed by atoms with Gasteiger partial charge in [0.15, 0.2) is 0 Å². The molecule has 6 fully saturated rings. The molecule has 0 aromatic rings. The second-order valence-corrected chi connectivity index (χ2v) is 24.3. The summed E-state index contributed by atoms with van der Waals surface area (Å²) in [5.74, 6) is 5.10. The van der Waals surface area contributed by atoms with E-state index in [1.165, 1.54) is 154 Å². The molecule has 4 saturated carbocycles. The van der Waals surface area contributed by atoms with Crippen LogP contribution < -0.4 is 0 Å². The van der Waals surface area contributed by atoms with Gasteiger partial charge in [0.2, 0.25) is 6.71 Å². The average Bonchev–Trinajstić information content (AvgIpc) is 3.49. The zero-order valence-electron chi connectivity index (χ0n) is 36.7. The Labute approximate surface area is 338 Å². The maximum Gasteiger partial charge on any atom is 0.237 e. The molecule has 2 nitrogen and oxygen atoms in total. The highest BCUT2D eigenvalue weighted by atomic mass is 15.3. The molecule has 0 amide bonds. The molecular formula is C52H79BN2. The van der Waals surface area contributed by atoms with Crippen molar-refractivity contribution >= 4 is 6.71 Å². The van der Waals surface area contributed by atoms with Crippen LogP contribution in [-0.2, 0) is 0 Å². The van der Waals surface area contributed by atoms with Gasteiger partial charge in [-0.25, -0.2) is 0 Å². The Kier molecular flexibility index (Phi) is 8.39. The van der Waals surface area contributed by atoms with Gasteiger partial charge in [-0.3, -0.25) is 0 Å². The molecule has 0 radical (unpaired) electrons. The summed E-state index contributed by atoms with van der Waals surface area (Å²) in [4.78, 5) is 6.61. The van der Waals surface area contributed by atoms with Crippen LogP contribution in [0.1, 0.15) is 203 Å². The standard InChI is InChI=1S/C52H79BN2/c1-48(2,3)38-32-40-47-42(33-38)53-41-29-36(34-20-12-8-13-21-34)28-39-46(41)54(49(4,5)51(39)24-16-10-17-25-51)43-30-37(35-22-14-9-15-23-35)31-44(45(43)53)55(47)50(6,7)52(40)26-18-11-19-27-52/h32-37,39-40,43,47H,8-31H2,1-7H3. The zero-order chi connectivity index (χ0) is 37.7. The van der Waals surface area contributed by atoms with Crippen molar-refractivity contribution in [2.75, 3.05) is 0 Å². The smallest absolute Gasteiger partial charge is 0.237 e. The fourth-order valence-electron chi connectivity index (χ4n) is 18.2. The lowest BCUT2D eigenvalue weighted by atomic mass is 9.26. The van der Waals surface area contributed by atoms with Crippen molar-refractivity contribution < 1.29 is 0 Å². The van der Waals surface area contributed by atoms with Crippen LogP contribution >= 0.6 is 0 Å². The van der Waals surface area contributed by atoms with Gasteiger partial charge in [0.05, 0.1) is 6.04 Å². The van der Waals surface area contributed by atoms with Gasteiger partial charge in [-0.2, -0.15) is 0 Å². The number of allylic oxidation sites excluding steroid dienone is 5. The number of hydrogen-bond donors (Lipinski definition) is 0. The highest BCUT2D eigenvalue weighted by Gasteiger charge is 2.72. The van der Waals surface area contributed by atoms with Crippen molar-refractivity contribution in [3.8, 4) is 0 Å². The van der Waals surface area contributed by atoms with Gasteiger partial charge in [0.1, 0.15) is 0 Å². The summed E-state index contributed by atoms with van der Waals surface area (Å²) in [6.07, 6.45) is 41.1. The molecule has 11 aliphatic rings. The quantitative estimate of drug-likeness (QED) is 0.260. The van der Waals surface area contributed by atoms with E-state index < -0.39 is 0 Å². The van der Waals surface area contributed by atoms with Crippen LogP contribution in [0.15, 0.2) is 45.5 Å². The van der Waals surface area contributed by atoms with Crippen LogP contribution in [0.25, 0.3) is 0 Å². The van der Waals surface area contributed by atoms with Gasteiger partial charge in [-0.05, 0) is 114 Å². The Morgan fingerprint density at radius 2 is 1.16 bits per heavy atom. The second kappa shape index (κ2) is 12.6. The molecule has 7 aliphatic carbocycles. The van der Waals surface area contributed by atoms with Crippen molar-refractivity contribution in [1.82, 2.24) is 9.80 Å². The second-order valence-electron chi connectivity index (χ2n) is 24.3. The van der Waals surface area contributed by atoms with Gasteiger partial charge < -0.3 is 9.80 Å². The summed E-state index contributed by atoms with van der Waals surface area (Å²) in [7, 11) is 0. The number of hydrogen-bond acceptors (Lipinski definition) is 2. The lowest BCUT2D eigenvalue weighted by Crippen LogP contribution is -2.63. The predicted octanol–water partition coefficient (Wildman–Crippen LogP) is 13.6. The van der Waals surface area contributed by atoms with E-state index in [-0.39, 0.29) is 16.5 Å². The highest BCUT2D eigenvalue weighted by Crippen LogP contribution is 2.73. The minimum Gasteiger partial charge on any atom is -0.364 e. The minimum absolute atomic E-state index is 0.178. The van der Waals surface area contributed by atoms with Crippen molar-refractivity contribution in [1.29, 1.82) is 0 Å². The lowest BCUT2D eigenvalue weighted by molar-refractivity contribution is -0.00875. The molecule has 6 atom stereocenters. The van der Waals surface area contributed by atoms with E-state index in [1.54, 1.807) is 5.57 Å². The molecule has 0 aromatic heterocycles. The van der Waals surface area contributed by atoms with Crippen molar-refractivity contribution in [2.24, 2.45) is 51.8 Å². The molecule has 4 heterocycles. The van der Waals surface area contributed by atoms with E-state index in [0.29, 0.717) is 35.5 Å². The minimum atomic E-state index is 0.178. The maximum absolute atomic E-state index is 3.33. The molecule has 0 bridgehead atoms. The molecule has 0 N–H and O–H groups in total. The summed E-state index contributed by atoms with van der Waals surface area (Å²) >= 11 is 0. The molecule has 11 rings (SSSR count). The summed E-state index contributed by atoms with van der Waals surface area (Å²) in [6.45, 7) is 19.4. The van der Waals surface area contributed by atoms with E-state index in [0.717, 1.165) is 29.6 Å². The van der Waals surface area contributed by atoms with Gasteiger partial charge >= 0.3 is 0 Å². The fourth-order valence-corrected chi connectivity index (χ4v) is 18.2. The lowest BCUT2D eigenvalue weighted by Gasteiger charge is -2.60. The van der Waals surface area contributed by atoms with Crippen LogP contribution in [0.5, 0.6) is 0 Å². The molecule has 3 heteroatoms. The topological polar surface area (TPSA) is 6.48 Å². The van der Waals surface area contributed by atoms with Gasteiger partial charge in [0.25, 0.3) is 0 Å². The van der Waals surface area contributed by atoms with Gasteiger partial charge in [-0.1, -0.05) is 152 Å². The van der Waals surface area contributed by atoms with Crippen molar-refractivity contribution in [3.05, 3.63) is 45.5 Å². The molecule has 2 saturated heterocycles.